The molecule has 0 atom stereocenters. The number of ether oxygens (including phenoxy) is 1. The number of hydrogen-bond acceptors (Lipinski definition) is 4. The molecule has 0 aliphatic carbocycles. The predicted molar refractivity (Wildman–Crippen MR) is 111 cm³/mol. The van der Waals surface area contributed by atoms with Gasteiger partial charge in [0.15, 0.2) is 0 Å². The molecule has 0 bridgehead atoms. The Balaban J connectivity index is 1.19. The fraction of sp³-hybridized carbons (Fsp3) is 0.545. The summed E-state index contributed by atoms with van der Waals surface area (Å²) in [5.41, 5.74) is 1.32. The topological polar surface area (TPSA) is 15.7 Å². The van der Waals surface area contributed by atoms with Gasteiger partial charge in [-0.2, -0.15) is 0 Å². The van der Waals surface area contributed by atoms with Gasteiger partial charge in [-0.05, 0) is 62.4 Å². The minimum absolute atomic E-state index is 0.735. The fourth-order valence-corrected chi connectivity index (χ4v) is 5.09. The first-order chi connectivity index (χ1) is 12.9. The third-order valence-corrected chi connectivity index (χ3v) is 6.88. The Bertz CT molecular complexity index is 658. The SMILES string of the molecule is c1ccc(-c2ccc(N3CCC(COCCN4CCCC4)CC3)s2)cc1. The van der Waals surface area contributed by atoms with Crippen LogP contribution >= 0.6 is 11.3 Å². The number of piperidine rings is 1. The molecule has 0 amide bonds. The van der Waals surface area contributed by atoms with Crippen LogP contribution in [0.1, 0.15) is 25.7 Å². The van der Waals surface area contributed by atoms with Crippen LogP contribution in [0.25, 0.3) is 10.4 Å². The van der Waals surface area contributed by atoms with Crippen molar-refractivity contribution in [3.63, 3.8) is 0 Å². The van der Waals surface area contributed by atoms with Gasteiger partial charge >= 0.3 is 0 Å². The van der Waals surface area contributed by atoms with Crippen molar-refractivity contribution in [1.82, 2.24) is 4.90 Å². The van der Waals surface area contributed by atoms with Gasteiger partial charge < -0.3 is 14.5 Å². The summed E-state index contributed by atoms with van der Waals surface area (Å²) in [6.45, 7) is 7.84. The molecule has 0 saturated carbocycles. The van der Waals surface area contributed by atoms with Crippen molar-refractivity contribution in [2.45, 2.75) is 25.7 Å². The first-order valence-electron chi connectivity index (χ1n) is 10.1. The normalized spacial score (nSPS) is 19.3. The molecule has 2 aliphatic rings. The summed E-state index contributed by atoms with van der Waals surface area (Å²) in [4.78, 5) is 6.45. The molecule has 0 N–H and O–H groups in total. The third kappa shape index (κ3) is 4.67. The number of rotatable bonds is 7. The molecular formula is C22H30N2OS. The van der Waals surface area contributed by atoms with E-state index in [1.165, 1.54) is 54.2 Å². The summed E-state index contributed by atoms with van der Waals surface area (Å²) < 4.78 is 5.98. The van der Waals surface area contributed by atoms with Crippen molar-refractivity contribution in [2.75, 3.05) is 50.8 Å². The lowest BCUT2D eigenvalue weighted by Gasteiger charge is -2.32. The second-order valence-corrected chi connectivity index (χ2v) is 8.62. The van der Waals surface area contributed by atoms with Crippen molar-refractivity contribution >= 4 is 16.3 Å². The van der Waals surface area contributed by atoms with E-state index in [1.807, 2.05) is 11.3 Å². The first-order valence-corrected chi connectivity index (χ1v) is 10.9. The van der Waals surface area contributed by atoms with E-state index in [9.17, 15) is 0 Å². The van der Waals surface area contributed by atoms with E-state index >= 15 is 0 Å². The Labute approximate surface area is 161 Å². The highest BCUT2D eigenvalue weighted by atomic mass is 32.1. The van der Waals surface area contributed by atoms with Crippen molar-refractivity contribution in [3.05, 3.63) is 42.5 Å². The molecule has 1 aromatic carbocycles. The van der Waals surface area contributed by atoms with Crippen LogP contribution in [0.15, 0.2) is 42.5 Å². The van der Waals surface area contributed by atoms with Gasteiger partial charge in [-0.15, -0.1) is 11.3 Å². The van der Waals surface area contributed by atoms with E-state index in [1.54, 1.807) is 0 Å². The second-order valence-electron chi connectivity index (χ2n) is 7.56. The highest BCUT2D eigenvalue weighted by molar-refractivity contribution is 7.19. The molecule has 2 aromatic rings. The van der Waals surface area contributed by atoms with Crippen LogP contribution in [0.2, 0.25) is 0 Å². The molecular weight excluding hydrogens is 340 g/mol. The lowest BCUT2D eigenvalue weighted by Crippen LogP contribution is -2.35. The summed E-state index contributed by atoms with van der Waals surface area (Å²) in [6.07, 6.45) is 5.24. The lowest BCUT2D eigenvalue weighted by atomic mass is 9.98. The molecule has 2 saturated heterocycles. The predicted octanol–water partition coefficient (Wildman–Crippen LogP) is 4.74. The maximum Gasteiger partial charge on any atom is 0.0914 e. The number of nitrogens with zero attached hydrogens (tertiary/aromatic N) is 2. The maximum absolute atomic E-state index is 5.98. The average molecular weight is 371 g/mol. The van der Waals surface area contributed by atoms with Crippen LogP contribution in [0.5, 0.6) is 0 Å². The van der Waals surface area contributed by atoms with Gasteiger partial charge in [0, 0.05) is 31.1 Å². The number of thiophene rings is 1. The van der Waals surface area contributed by atoms with Gasteiger partial charge in [-0.1, -0.05) is 30.3 Å². The molecule has 4 rings (SSSR count). The average Bonchev–Trinajstić information content (AvgIpc) is 3.39. The quantitative estimate of drug-likeness (QED) is 0.655. The number of anilines is 1. The van der Waals surface area contributed by atoms with Gasteiger partial charge in [-0.25, -0.2) is 0 Å². The Morgan fingerprint density at radius 3 is 2.46 bits per heavy atom. The van der Waals surface area contributed by atoms with Gasteiger partial charge in [0.2, 0.25) is 0 Å². The molecule has 4 heteroatoms. The van der Waals surface area contributed by atoms with Crippen LogP contribution in [-0.2, 0) is 4.74 Å². The summed E-state index contributed by atoms with van der Waals surface area (Å²) in [7, 11) is 0. The second kappa shape index (κ2) is 9.03. The Kier molecular flexibility index (Phi) is 6.26. The Morgan fingerprint density at radius 2 is 1.69 bits per heavy atom. The lowest BCUT2D eigenvalue weighted by molar-refractivity contribution is 0.0754. The fourth-order valence-electron chi connectivity index (χ4n) is 4.03. The van der Waals surface area contributed by atoms with Crippen molar-refractivity contribution in [2.24, 2.45) is 5.92 Å². The minimum atomic E-state index is 0.735. The summed E-state index contributed by atoms with van der Waals surface area (Å²) in [6, 6.07) is 15.3. The van der Waals surface area contributed by atoms with E-state index < -0.39 is 0 Å². The zero-order valence-corrected chi connectivity index (χ0v) is 16.4. The summed E-state index contributed by atoms with van der Waals surface area (Å²) >= 11 is 1.92. The van der Waals surface area contributed by atoms with Gasteiger partial charge in [0.1, 0.15) is 0 Å². The molecule has 0 spiro atoms. The maximum atomic E-state index is 5.98. The van der Waals surface area contributed by atoms with E-state index in [2.05, 4.69) is 52.3 Å². The minimum Gasteiger partial charge on any atom is -0.380 e. The molecule has 140 valence electrons. The van der Waals surface area contributed by atoms with Crippen LogP contribution in [-0.4, -0.2) is 50.8 Å². The molecule has 2 aliphatic heterocycles. The van der Waals surface area contributed by atoms with Gasteiger partial charge in [0.05, 0.1) is 11.6 Å². The van der Waals surface area contributed by atoms with Gasteiger partial charge in [0.25, 0.3) is 0 Å². The van der Waals surface area contributed by atoms with Crippen LogP contribution in [0.3, 0.4) is 0 Å². The summed E-state index contributed by atoms with van der Waals surface area (Å²) in [5.74, 6) is 0.735. The van der Waals surface area contributed by atoms with Crippen LogP contribution in [0.4, 0.5) is 5.00 Å². The van der Waals surface area contributed by atoms with E-state index in [-0.39, 0.29) is 0 Å². The number of hydrogen-bond donors (Lipinski definition) is 0. The highest BCUT2D eigenvalue weighted by Gasteiger charge is 2.21. The van der Waals surface area contributed by atoms with E-state index in [0.717, 1.165) is 38.8 Å². The van der Waals surface area contributed by atoms with Gasteiger partial charge in [-0.3, -0.25) is 0 Å². The molecule has 3 heterocycles. The number of benzene rings is 1. The molecule has 3 nitrogen and oxygen atoms in total. The van der Waals surface area contributed by atoms with E-state index in [0.29, 0.717) is 0 Å². The first kappa shape index (κ1) is 18.0. The molecule has 0 unspecified atom stereocenters. The van der Waals surface area contributed by atoms with Crippen molar-refractivity contribution < 1.29 is 4.74 Å². The van der Waals surface area contributed by atoms with Crippen LogP contribution in [0, 0.1) is 5.92 Å². The van der Waals surface area contributed by atoms with Crippen molar-refractivity contribution in [1.29, 1.82) is 0 Å². The Hall–Kier alpha value is -1.36. The third-order valence-electron chi connectivity index (χ3n) is 5.68. The van der Waals surface area contributed by atoms with Crippen LogP contribution < -0.4 is 4.90 Å². The monoisotopic (exact) mass is 370 g/mol. The smallest absolute Gasteiger partial charge is 0.0914 e. The molecule has 26 heavy (non-hydrogen) atoms. The highest BCUT2D eigenvalue weighted by Crippen LogP contribution is 2.35. The van der Waals surface area contributed by atoms with E-state index in [4.69, 9.17) is 4.74 Å². The zero-order valence-electron chi connectivity index (χ0n) is 15.6. The molecule has 2 fully saturated rings. The number of likely N-dealkylation sites (tertiary alicyclic amines) is 1. The molecule has 0 radical (unpaired) electrons. The van der Waals surface area contributed by atoms with Crippen molar-refractivity contribution in [3.8, 4) is 10.4 Å². The Morgan fingerprint density at radius 1 is 0.923 bits per heavy atom. The largest absolute Gasteiger partial charge is 0.380 e. The zero-order chi connectivity index (χ0) is 17.6. The standard InChI is InChI=1S/C22H30N2OS/c1-2-6-20(7-3-1)21-8-9-22(26-21)24-14-10-19(11-15-24)18-25-17-16-23-12-4-5-13-23/h1-3,6-9,19H,4-5,10-18H2. The summed E-state index contributed by atoms with van der Waals surface area (Å²) in [5, 5.41) is 1.41. The molecule has 1 aromatic heterocycles.